The number of phenolic OH excluding ortho intramolecular Hbond substituents is 1. The van der Waals surface area contributed by atoms with E-state index in [1.54, 1.807) is 19.9 Å². The molecule has 1 atom stereocenters. The maximum Gasteiger partial charge on any atom is 0.267 e. The highest BCUT2D eigenvalue weighted by Gasteiger charge is 2.17. The van der Waals surface area contributed by atoms with E-state index in [9.17, 15) is 13.9 Å². The lowest BCUT2D eigenvalue weighted by Gasteiger charge is -2.13. The molecular weight excluding hydrogens is 202 g/mol. The van der Waals surface area contributed by atoms with E-state index in [0.717, 1.165) is 0 Å². The fraction of sp³-hybridized carbons (Fsp3) is 0.455. The van der Waals surface area contributed by atoms with Gasteiger partial charge < -0.3 is 10.2 Å². The van der Waals surface area contributed by atoms with Crippen molar-refractivity contribution in [2.75, 3.05) is 6.61 Å². The molecule has 1 rings (SSSR count). The Morgan fingerprint density at radius 1 is 1.33 bits per heavy atom. The Balaban J connectivity index is 3.23. The molecule has 0 radical (unpaired) electrons. The van der Waals surface area contributed by atoms with Crippen molar-refractivity contribution in [3.05, 3.63) is 28.8 Å². The van der Waals surface area contributed by atoms with E-state index in [0.29, 0.717) is 11.1 Å². The molecule has 0 saturated carbocycles. The van der Waals surface area contributed by atoms with Crippen LogP contribution in [0, 0.1) is 6.92 Å². The zero-order valence-corrected chi connectivity index (χ0v) is 8.67. The minimum absolute atomic E-state index is 0.104. The highest BCUT2D eigenvalue weighted by molar-refractivity contribution is 5.44. The monoisotopic (exact) mass is 216 g/mol. The van der Waals surface area contributed by atoms with Crippen molar-refractivity contribution in [3.63, 3.8) is 0 Å². The fourth-order valence-corrected chi connectivity index (χ4v) is 1.39. The van der Waals surface area contributed by atoms with Gasteiger partial charge in [0.25, 0.3) is 6.43 Å². The van der Waals surface area contributed by atoms with Crippen molar-refractivity contribution >= 4 is 0 Å². The third-order valence-electron chi connectivity index (χ3n) is 2.43. The first-order valence-electron chi connectivity index (χ1n) is 4.69. The number of alkyl halides is 2. The van der Waals surface area contributed by atoms with Crippen molar-refractivity contribution in [1.29, 1.82) is 0 Å². The van der Waals surface area contributed by atoms with Crippen LogP contribution in [0.4, 0.5) is 8.78 Å². The van der Waals surface area contributed by atoms with Gasteiger partial charge in [0.05, 0.1) is 5.56 Å². The van der Waals surface area contributed by atoms with Crippen molar-refractivity contribution < 1.29 is 19.0 Å². The molecule has 0 spiro atoms. The van der Waals surface area contributed by atoms with Crippen molar-refractivity contribution in [1.82, 2.24) is 0 Å². The van der Waals surface area contributed by atoms with E-state index >= 15 is 0 Å². The van der Waals surface area contributed by atoms with Crippen molar-refractivity contribution in [3.8, 4) is 5.75 Å². The largest absolute Gasteiger partial charge is 0.507 e. The second-order valence-corrected chi connectivity index (χ2v) is 3.66. The molecule has 15 heavy (non-hydrogen) atoms. The molecule has 0 aliphatic carbocycles. The summed E-state index contributed by atoms with van der Waals surface area (Å²) in [5.41, 5.74) is 0.650. The standard InChI is InChI=1S/C11H14F2O2/c1-6-3-8(7(2)5-14)4-9(10(6)15)11(12)13/h3-4,7,11,14-15H,5H2,1-2H3. The Hall–Kier alpha value is -1.16. The van der Waals surface area contributed by atoms with E-state index < -0.39 is 6.43 Å². The topological polar surface area (TPSA) is 40.5 Å². The number of aliphatic hydroxyl groups is 1. The lowest BCUT2D eigenvalue weighted by Crippen LogP contribution is -2.01. The van der Waals surface area contributed by atoms with Gasteiger partial charge in [0.1, 0.15) is 5.75 Å². The Bertz CT molecular complexity index is 351. The molecule has 0 heterocycles. The molecule has 2 N–H and O–H groups in total. The molecule has 0 saturated heterocycles. The van der Waals surface area contributed by atoms with Crippen molar-refractivity contribution in [2.45, 2.75) is 26.2 Å². The molecule has 0 aliphatic rings. The molecule has 0 aromatic heterocycles. The number of aliphatic hydroxyl groups excluding tert-OH is 1. The molecule has 0 fully saturated rings. The quantitative estimate of drug-likeness (QED) is 0.815. The Morgan fingerprint density at radius 2 is 1.93 bits per heavy atom. The van der Waals surface area contributed by atoms with E-state index in [1.165, 1.54) is 6.07 Å². The zero-order chi connectivity index (χ0) is 11.6. The Labute approximate surface area is 87.2 Å². The summed E-state index contributed by atoms with van der Waals surface area (Å²) in [5.74, 6) is -0.569. The van der Waals surface area contributed by atoms with Crippen LogP contribution in [0.3, 0.4) is 0 Å². The van der Waals surface area contributed by atoms with Gasteiger partial charge in [-0.15, -0.1) is 0 Å². The number of hydrogen-bond acceptors (Lipinski definition) is 2. The predicted molar refractivity (Wildman–Crippen MR) is 53.3 cm³/mol. The minimum Gasteiger partial charge on any atom is -0.507 e. The number of aryl methyl sites for hydroxylation is 1. The number of benzene rings is 1. The average Bonchev–Trinajstić information content (AvgIpc) is 2.20. The van der Waals surface area contributed by atoms with Crippen LogP contribution < -0.4 is 0 Å². The molecule has 1 aromatic rings. The van der Waals surface area contributed by atoms with E-state index in [4.69, 9.17) is 5.11 Å². The van der Waals surface area contributed by atoms with Crippen LogP contribution >= 0.6 is 0 Å². The molecule has 84 valence electrons. The van der Waals surface area contributed by atoms with E-state index in [1.807, 2.05) is 0 Å². The summed E-state index contributed by atoms with van der Waals surface area (Å²) in [6, 6.07) is 2.86. The highest BCUT2D eigenvalue weighted by atomic mass is 19.3. The smallest absolute Gasteiger partial charge is 0.267 e. The minimum atomic E-state index is -2.70. The molecule has 0 aliphatic heterocycles. The van der Waals surface area contributed by atoms with Crippen LogP contribution in [0.2, 0.25) is 0 Å². The second kappa shape index (κ2) is 4.57. The van der Waals surface area contributed by atoms with Gasteiger partial charge in [0.2, 0.25) is 0 Å². The number of phenols is 1. The number of aromatic hydroxyl groups is 1. The van der Waals surface area contributed by atoms with Crippen LogP contribution in [-0.4, -0.2) is 16.8 Å². The molecule has 2 nitrogen and oxygen atoms in total. The summed E-state index contributed by atoms with van der Waals surface area (Å²) >= 11 is 0. The third kappa shape index (κ3) is 2.45. The van der Waals surface area contributed by atoms with Gasteiger partial charge in [-0.2, -0.15) is 0 Å². The van der Waals surface area contributed by atoms with Gasteiger partial charge in [-0.3, -0.25) is 0 Å². The molecule has 1 unspecified atom stereocenters. The summed E-state index contributed by atoms with van der Waals surface area (Å²) in [7, 11) is 0. The van der Waals surface area contributed by atoms with Crippen LogP contribution in [0.15, 0.2) is 12.1 Å². The molecular formula is C11H14F2O2. The maximum atomic E-state index is 12.5. The van der Waals surface area contributed by atoms with Gasteiger partial charge in [0, 0.05) is 12.5 Å². The van der Waals surface area contributed by atoms with Gasteiger partial charge >= 0.3 is 0 Å². The summed E-state index contributed by atoms with van der Waals surface area (Å²) < 4.78 is 25.1. The van der Waals surface area contributed by atoms with Gasteiger partial charge in [-0.1, -0.05) is 13.0 Å². The van der Waals surface area contributed by atoms with E-state index in [-0.39, 0.29) is 23.8 Å². The summed E-state index contributed by atoms with van der Waals surface area (Å²) in [6.07, 6.45) is -2.70. The summed E-state index contributed by atoms with van der Waals surface area (Å²) in [5, 5.41) is 18.3. The first-order valence-corrected chi connectivity index (χ1v) is 4.69. The zero-order valence-electron chi connectivity index (χ0n) is 8.67. The maximum absolute atomic E-state index is 12.5. The lowest BCUT2D eigenvalue weighted by molar-refractivity contribution is 0.147. The Morgan fingerprint density at radius 3 is 2.40 bits per heavy atom. The van der Waals surface area contributed by atoms with Crippen molar-refractivity contribution in [2.24, 2.45) is 0 Å². The lowest BCUT2D eigenvalue weighted by atomic mass is 9.96. The SMILES string of the molecule is Cc1cc(C(C)CO)cc(C(F)F)c1O. The third-order valence-corrected chi connectivity index (χ3v) is 2.43. The Kier molecular flexibility index (Phi) is 3.63. The normalized spacial score (nSPS) is 13.2. The molecule has 0 bridgehead atoms. The average molecular weight is 216 g/mol. The first-order chi connectivity index (χ1) is 6.97. The van der Waals surface area contributed by atoms with Gasteiger partial charge in [-0.05, 0) is 24.1 Å². The highest BCUT2D eigenvalue weighted by Crippen LogP contribution is 2.33. The van der Waals surface area contributed by atoms with Gasteiger partial charge in [0.15, 0.2) is 0 Å². The van der Waals surface area contributed by atoms with Crippen LogP contribution in [-0.2, 0) is 0 Å². The first kappa shape index (κ1) is 11.9. The van der Waals surface area contributed by atoms with E-state index in [2.05, 4.69) is 0 Å². The fourth-order valence-electron chi connectivity index (χ4n) is 1.39. The molecule has 4 heteroatoms. The molecule has 0 amide bonds. The van der Waals surface area contributed by atoms with Gasteiger partial charge in [-0.25, -0.2) is 8.78 Å². The molecule has 1 aromatic carbocycles. The number of rotatable bonds is 3. The van der Waals surface area contributed by atoms with Crippen LogP contribution in [0.5, 0.6) is 5.75 Å². The summed E-state index contributed by atoms with van der Waals surface area (Å²) in [6.45, 7) is 3.20. The number of hydrogen-bond donors (Lipinski definition) is 2. The van der Waals surface area contributed by atoms with Crippen LogP contribution in [0.1, 0.15) is 36.0 Å². The predicted octanol–water partition coefficient (Wildman–Crippen LogP) is 2.73. The number of halogens is 2. The second-order valence-electron chi connectivity index (χ2n) is 3.66. The van der Waals surface area contributed by atoms with Crippen LogP contribution in [0.25, 0.3) is 0 Å². The summed E-state index contributed by atoms with van der Waals surface area (Å²) in [4.78, 5) is 0.